The van der Waals surface area contributed by atoms with Gasteiger partial charge in [0.15, 0.2) is 18.1 Å². The molecule has 3 amide bonds. The van der Waals surface area contributed by atoms with Gasteiger partial charge in [-0.15, -0.1) is 0 Å². The predicted octanol–water partition coefficient (Wildman–Crippen LogP) is 2.99. The maximum absolute atomic E-state index is 13.2. The number of rotatable bonds is 8. The van der Waals surface area contributed by atoms with Crippen molar-refractivity contribution in [2.24, 2.45) is 5.10 Å². The quantitative estimate of drug-likeness (QED) is 0.235. The molecule has 0 bridgehead atoms. The van der Waals surface area contributed by atoms with Gasteiger partial charge in [-0.1, -0.05) is 29.8 Å². The number of benzene rings is 3. The third kappa shape index (κ3) is 7.18. The van der Waals surface area contributed by atoms with Gasteiger partial charge in [0.1, 0.15) is 11.6 Å². The molecular weight excluding hydrogens is 507 g/mol. The molecule has 1 heterocycles. The molecule has 0 atom stereocenters. The average Bonchev–Trinajstić information content (AvgIpc) is 3.36. The number of hydrogen-bond acceptors (Lipinski definition) is 7. The Morgan fingerprint density at radius 1 is 1.03 bits per heavy atom. The van der Waals surface area contributed by atoms with Crippen LogP contribution in [0.5, 0.6) is 17.2 Å². The van der Waals surface area contributed by atoms with Crippen LogP contribution in [-0.2, 0) is 20.9 Å². The van der Waals surface area contributed by atoms with Crippen LogP contribution in [0.15, 0.2) is 65.8 Å². The van der Waals surface area contributed by atoms with Gasteiger partial charge < -0.3 is 24.8 Å². The third-order valence-electron chi connectivity index (χ3n) is 4.91. The van der Waals surface area contributed by atoms with Crippen molar-refractivity contribution in [2.45, 2.75) is 6.54 Å². The van der Waals surface area contributed by atoms with Crippen LogP contribution < -0.4 is 30.3 Å². The first kappa shape index (κ1) is 25.5. The fourth-order valence-electron chi connectivity index (χ4n) is 3.13. The molecule has 12 heteroatoms. The van der Waals surface area contributed by atoms with Gasteiger partial charge in [-0.25, -0.2) is 9.82 Å². The van der Waals surface area contributed by atoms with Gasteiger partial charge in [-0.2, -0.15) is 5.10 Å². The summed E-state index contributed by atoms with van der Waals surface area (Å²) in [5.74, 6) is -1.31. The van der Waals surface area contributed by atoms with E-state index in [0.29, 0.717) is 28.5 Å². The zero-order chi connectivity index (χ0) is 26.2. The Morgan fingerprint density at radius 3 is 2.70 bits per heavy atom. The molecule has 4 rings (SSSR count). The summed E-state index contributed by atoms with van der Waals surface area (Å²) in [6, 6.07) is 15.6. The van der Waals surface area contributed by atoms with Gasteiger partial charge in [0.05, 0.1) is 11.2 Å². The van der Waals surface area contributed by atoms with Crippen molar-refractivity contribution >= 4 is 41.2 Å². The Balaban J connectivity index is 1.21. The molecule has 37 heavy (non-hydrogen) atoms. The minimum absolute atomic E-state index is 0.111. The van der Waals surface area contributed by atoms with Gasteiger partial charge in [0, 0.05) is 12.2 Å². The highest BCUT2D eigenvalue weighted by molar-refractivity contribution is 6.35. The van der Waals surface area contributed by atoms with Crippen LogP contribution in [0.3, 0.4) is 0 Å². The highest BCUT2D eigenvalue weighted by Gasteiger charge is 2.15. The van der Waals surface area contributed by atoms with Crippen LogP contribution in [0.25, 0.3) is 0 Å². The molecule has 0 fully saturated rings. The highest BCUT2D eigenvalue weighted by atomic mass is 35.5. The Hall–Kier alpha value is -4.64. The summed E-state index contributed by atoms with van der Waals surface area (Å²) < 4.78 is 29.2. The van der Waals surface area contributed by atoms with E-state index >= 15 is 0 Å². The zero-order valence-electron chi connectivity index (χ0n) is 19.1. The molecule has 0 saturated carbocycles. The van der Waals surface area contributed by atoms with Crippen molar-refractivity contribution in [2.75, 3.05) is 18.7 Å². The molecule has 0 spiro atoms. The normalized spacial score (nSPS) is 11.7. The molecule has 0 aromatic heterocycles. The number of hydrazone groups is 1. The van der Waals surface area contributed by atoms with Crippen molar-refractivity contribution < 1.29 is 33.0 Å². The van der Waals surface area contributed by atoms with Gasteiger partial charge in [-0.05, 0) is 53.6 Å². The number of carbonyl (C=O) groups excluding carboxylic acids is 3. The molecule has 0 unspecified atom stereocenters. The largest absolute Gasteiger partial charge is 0.484 e. The lowest BCUT2D eigenvalue weighted by Gasteiger charge is -2.08. The van der Waals surface area contributed by atoms with Crippen LogP contribution in [0.1, 0.15) is 11.1 Å². The first-order valence-electron chi connectivity index (χ1n) is 10.8. The van der Waals surface area contributed by atoms with E-state index in [4.69, 9.17) is 25.8 Å². The highest BCUT2D eigenvalue weighted by Crippen LogP contribution is 2.32. The lowest BCUT2D eigenvalue weighted by Crippen LogP contribution is -2.37. The van der Waals surface area contributed by atoms with E-state index in [-0.39, 0.29) is 25.0 Å². The Kier molecular flexibility index (Phi) is 8.16. The number of anilines is 1. The minimum atomic E-state index is -0.943. The second-order valence-electron chi connectivity index (χ2n) is 7.61. The first-order valence-corrected chi connectivity index (χ1v) is 11.2. The fraction of sp³-hybridized carbons (Fsp3) is 0.120. The van der Waals surface area contributed by atoms with Crippen LogP contribution in [-0.4, -0.2) is 37.3 Å². The minimum Gasteiger partial charge on any atom is -0.484 e. The molecule has 190 valence electrons. The number of ether oxygens (including phenoxy) is 3. The molecule has 3 aromatic rings. The van der Waals surface area contributed by atoms with E-state index in [1.54, 1.807) is 42.5 Å². The number of fused-ring (bicyclic) bond motifs is 1. The lowest BCUT2D eigenvalue weighted by atomic mass is 10.2. The maximum atomic E-state index is 13.2. The summed E-state index contributed by atoms with van der Waals surface area (Å²) in [6.07, 6.45) is 1.32. The smallest absolute Gasteiger partial charge is 0.329 e. The van der Waals surface area contributed by atoms with E-state index in [0.717, 1.165) is 11.6 Å². The number of hydrogen-bond donors (Lipinski definition) is 3. The number of halogens is 2. The molecule has 1 aliphatic heterocycles. The first-order chi connectivity index (χ1) is 17.9. The van der Waals surface area contributed by atoms with Crippen molar-refractivity contribution in [3.8, 4) is 17.2 Å². The molecule has 3 N–H and O–H groups in total. The maximum Gasteiger partial charge on any atom is 0.329 e. The van der Waals surface area contributed by atoms with Crippen molar-refractivity contribution in [1.82, 2.24) is 10.7 Å². The van der Waals surface area contributed by atoms with Crippen LogP contribution >= 0.6 is 11.6 Å². The van der Waals surface area contributed by atoms with Gasteiger partial charge in [-0.3, -0.25) is 14.4 Å². The molecule has 1 aliphatic rings. The SMILES string of the molecule is O=C(COc1cccc(/C=N\NC(=O)C(=O)NCc2ccc3c(c2)OCO3)c1)Nc1ccc(F)c(Cl)c1. The summed E-state index contributed by atoms with van der Waals surface area (Å²) in [5.41, 5.74) is 3.76. The predicted molar refractivity (Wildman–Crippen MR) is 132 cm³/mol. The molecule has 0 saturated heterocycles. The van der Waals surface area contributed by atoms with E-state index in [1.165, 1.54) is 18.3 Å². The summed E-state index contributed by atoms with van der Waals surface area (Å²) in [4.78, 5) is 36.1. The van der Waals surface area contributed by atoms with Crippen molar-refractivity contribution in [3.63, 3.8) is 0 Å². The average molecular weight is 527 g/mol. The second kappa shape index (κ2) is 11.9. The third-order valence-corrected chi connectivity index (χ3v) is 5.20. The monoisotopic (exact) mass is 526 g/mol. The van der Waals surface area contributed by atoms with E-state index in [2.05, 4.69) is 21.2 Å². The van der Waals surface area contributed by atoms with Gasteiger partial charge >= 0.3 is 11.8 Å². The topological polar surface area (TPSA) is 127 Å². The van der Waals surface area contributed by atoms with E-state index < -0.39 is 23.5 Å². The Labute approximate surface area is 215 Å². The van der Waals surface area contributed by atoms with Gasteiger partial charge in [0.2, 0.25) is 6.79 Å². The molecule has 10 nitrogen and oxygen atoms in total. The summed E-state index contributed by atoms with van der Waals surface area (Å²) in [7, 11) is 0. The number of nitrogens with zero attached hydrogens (tertiary/aromatic N) is 1. The standard InChI is InChI=1S/C25H20ClFN4O6/c26-19-10-17(5-6-20(19)27)30-23(32)13-35-18-3-1-2-15(8-18)12-29-31-25(34)24(33)28-11-16-4-7-21-22(9-16)37-14-36-21/h1-10,12H,11,13-14H2,(H,28,33)(H,30,32)(H,31,34)/b29-12-. The van der Waals surface area contributed by atoms with E-state index in [9.17, 15) is 18.8 Å². The molecule has 0 aliphatic carbocycles. The number of nitrogens with one attached hydrogen (secondary N) is 3. The summed E-state index contributed by atoms with van der Waals surface area (Å²) in [6.45, 7) is -0.0488. The summed E-state index contributed by atoms with van der Waals surface area (Å²) >= 11 is 5.70. The molecular formula is C25H20ClFN4O6. The van der Waals surface area contributed by atoms with Crippen LogP contribution in [0.4, 0.5) is 10.1 Å². The number of carbonyl (C=O) groups is 3. The summed E-state index contributed by atoms with van der Waals surface area (Å²) in [5, 5.41) is 8.70. The molecule has 0 radical (unpaired) electrons. The Morgan fingerprint density at radius 2 is 1.86 bits per heavy atom. The van der Waals surface area contributed by atoms with Crippen LogP contribution in [0, 0.1) is 5.82 Å². The van der Waals surface area contributed by atoms with Gasteiger partial charge in [0.25, 0.3) is 5.91 Å². The van der Waals surface area contributed by atoms with Crippen LogP contribution in [0.2, 0.25) is 5.02 Å². The van der Waals surface area contributed by atoms with Crippen molar-refractivity contribution in [3.05, 3.63) is 82.6 Å². The number of amides is 3. The van der Waals surface area contributed by atoms with E-state index in [1.807, 2.05) is 0 Å². The fourth-order valence-corrected chi connectivity index (χ4v) is 3.31. The van der Waals surface area contributed by atoms with Crippen molar-refractivity contribution in [1.29, 1.82) is 0 Å². The lowest BCUT2D eigenvalue weighted by molar-refractivity contribution is -0.139. The second-order valence-corrected chi connectivity index (χ2v) is 8.01. The molecule has 3 aromatic carbocycles. The zero-order valence-corrected chi connectivity index (χ0v) is 19.9. The Bertz CT molecular complexity index is 1370.